The van der Waals surface area contributed by atoms with E-state index in [1.807, 2.05) is 32.0 Å². The maximum Gasteiger partial charge on any atom is 0.121 e. The minimum Gasteiger partial charge on any atom is -0.496 e. The Hall–Kier alpha value is -1.06. The van der Waals surface area contributed by atoms with Crippen LogP contribution < -0.4 is 10.1 Å². The van der Waals surface area contributed by atoms with Crippen molar-refractivity contribution in [1.82, 2.24) is 5.32 Å². The van der Waals surface area contributed by atoms with E-state index in [4.69, 9.17) is 4.74 Å². The quantitative estimate of drug-likeness (QED) is 0.825. The average molecular weight is 237 g/mol. The second-order valence-corrected chi connectivity index (χ2v) is 4.99. The summed E-state index contributed by atoms with van der Waals surface area (Å²) >= 11 is 0. The molecule has 0 aliphatic carbocycles. The molecular weight excluding hydrogens is 214 g/mol. The lowest BCUT2D eigenvalue weighted by molar-refractivity contribution is 0.0548. The Labute approximate surface area is 104 Å². The van der Waals surface area contributed by atoms with Gasteiger partial charge in [-0.15, -0.1) is 0 Å². The first-order chi connectivity index (χ1) is 7.86. The van der Waals surface area contributed by atoms with Gasteiger partial charge in [0, 0.05) is 12.6 Å². The lowest BCUT2D eigenvalue weighted by Crippen LogP contribution is -2.38. The molecule has 0 spiro atoms. The fourth-order valence-corrected chi connectivity index (χ4v) is 1.72. The van der Waals surface area contributed by atoms with E-state index in [0.717, 1.165) is 16.9 Å². The van der Waals surface area contributed by atoms with Crippen LogP contribution >= 0.6 is 0 Å². The van der Waals surface area contributed by atoms with Crippen LogP contribution in [0.1, 0.15) is 31.9 Å². The Kier molecular flexibility index (Phi) is 4.54. The van der Waals surface area contributed by atoms with Crippen molar-refractivity contribution in [3.05, 3.63) is 29.3 Å². The van der Waals surface area contributed by atoms with Crippen molar-refractivity contribution in [2.75, 3.05) is 13.7 Å². The summed E-state index contributed by atoms with van der Waals surface area (Å²) in [5.41, 5.74) is 1.08. The number of aliphatic hydroxyl groups is 1. The van der Waals surface area contributed by atoms with Crippen molar-refractivity contribution in [3.8, 4) is 5.75 Å². The van der Waals surface area contributed by atoms with Gasteiger partial charge in [0.15, 0.2) is 0 Å². The topological polar surface area (TPSA) is 41.5 Å². The van der Waals surface area contributed by atoms with Gasteiger partial charge in [-0.25, -0.2) is 0 Å². The Morgan fingerprint density at radius 3 is 2.53 bits per heavy atom. The first kappa shape index (κ1) is 14.0. The molecule has 1 unspecified atom stereocenters. The van der Waals surface area contributed by atoms with Crippen LogP contribution in [-0.4, -0.2) is 24.8 Å². The Balaban J connectivity index is 2.87. The van der Waals surface area contributed by atoms with Gasteiger partial charge in [-0.1, -0.05) is 19.9 Å². The van der Waals surface area contributed by atoms with E-state index < -0.39 is 5.60 Å². The van der Waals surface area contributed by atoms with Gasteiger partial charge in [0.05, 0.1) is 12.7 Å². The van der Waals surface area contributed by atoms with Gasteiger partial charge in [-0.2, -0.15) is 0 Å². The zero-order valence-electron chi connectivity index (χ0n) is 11.4. The highest BCUT2D eigenvalue weighted by Crippen LogP contribution is 2.25. The van der Waals surface area contributed by atoms with Gasteiger partial charge in [-0.05, 0) is 37.1 Å². The highest BCUT2D eigenvalue weighted by atomic mass is 16.5. The van der Waals surface area contributed by atoms with Crippen molar-refractivity contribution in [3.63, 3.8) is 0 Å². The molecule has 0 heterocycles. The van der Waals surface area contributed by atoms with E-state index in [1.54, 1.807) is 7.11 Å². The summed E-state index contributed by atoms with van der Waals surface area (Å²) in [6.07, 6.45) is 0. The number of aryl methyl sites for hydroxylation is 1. The van der Waals surface area contributed by atoms with E-state index in [9.17, 15) is 5.11 Å². The predicted molar refractivity (Wildman–Crippen MR) is 70.4 cm³/mol. The molecule has 1 aromatic rings. The summed E-state index contributed by atoms with van der Waals surface area (Å²) < 4.78 is 5.21. The van der Waals surface area contributed by atoms with Crippen LogP contribution in [0, 0.1) is 6.92 Å². The van der Waals surface area contributed by atoms with Gasteiger partial charge in [-0.3, -0.25) is 0 Å². The molecule has 3 nitrogen and oxygen atoms in total. The molecule has 2 N–H and O–H groups in total. The first-order valence-corrected chi connectivity index (χ1v) is 5.97. The molecule has 0 aromatic heterocycles. The molecule has 96 valence electrons. The molecule has 1 aromatic carbocycles. The maximum atomic E-state index is 10.4. The van der Waals surface area contributed by atoms with Gasteiger partial charge in [0.2, 0.25) is 0 Å². The third-order valence-corrected chi connectivity index (χ3v) is 2.87. The normalized spacial score (nSPS) is 14.8. The summed E-state index contributed by atoms with van der Waals surface area (Å²) in [6.45, 7) is 8.47. The molecule has 0 aliphatic heterocycles. The maximum absolute atomic E-state index is 10.4. The van der Waals surface area contributed by atoms with Crippen molar-refractivity contribution < 1.29 is 9.84 Å². The molecule has 0 bridgehead atoms. The molecule has 17 heavy (non-hydrogen) atoms. The number of hydrogen-bond acceptors (Lipinski definition) is 3. The van der Waals surface area contributed by atoms with Gasteiger partial charge in [0.1, 0.15) is 5.75 Å². The summed E-state index contributed by atoms with van der Waals surface area (Å²) in [5, 5.41) is 13.7. The highest BCUT2D eigenvalue weighted by Gasteiger charge is 2.23. The lowest BCUT2D eigenvalue weighted by Gasteiger charge is -2.26. The van der Waals surface area contributed by atoms with Crippen LogP contribution in [0.3, 0.4) is 0 Å². The van der Waals surface area contributed by atoms with Crippen molar-refractivity contribution in [2.45, 2.75) is 39.3 Å². The number of benzene rings is 1. The largest absolute Gasteiger partial charge is 0.496 e. The lowest BCUT2D eigenvalue weighted by atomic mass is 9.94. The number of hydrogen-bond donors (Lipinski definition) is 2. The average Bonchev–Trinajstić information content (AvgIpc) is 2.26. The molecule has 0 radical (unpaired) electrons. The summed E-state index contributed by atoms with van der Waals surface area (Å²) in [7, 11) is 1.65. The Morgan fingerprint density at radius 2 is 2.06 bits per heavy atom. The molecule has 0 saturated heterocycles. The zero-order chi connectivity index (χ0) is 13.1. The molecule has 1 atom stereocenters. The van der Waals surface area contributed by atoms with E-state index in [2.05, 4.69) is 19.2 Å². The Bertz CT molecular complexity index is 372. The highest BCUT2D eigenvalue weighted by molar-refractivity contribution is 5.38. The number of methoxy groups -OCH3 is 1. The van der Waals surface area contributed by atoms with Crippen LogP contribution in [0.2, 0.25) is 0 Å². The molecule has 3 heteroatoms. The van der Waals surface area contributed by atoms with Crippen LogP contribution in [0.4, 0.5) is 0 Å². The molecular formula is C14H23NO2. The summed E-state index contributed by atoms with van der Waals surface area (Å²) in [5.74, 6) is 0.848. The predicted octanol–water partition coefficient (Wildman–Crippen LogP) is 2.21. The SMILES string of the molecule is COc1ccc(C(C)(O)CNC(C)C)cc1C. The monoisotopic (exact) mass is 237 g/mol. The first-order valence-electron chi connectivity index (χ1n) is 5.97. The fourth-order valence-electron chi connectivity index (χ4n) is 1.72. The van der Waals surface area contributed by atoms with Crippen LogP contribution in [0.25, 0.3) is 0 Å². The van der Waals surface area contributed by atoms with E-state index in [1.165, 1.54) is 0 Å². The van der Waals surface area contributed by atoms with Crippen LogP contribution in [0.5, 0.6) is 5.75 Å². The van der Waals surface area contributed by atoms with Gasteiger partial charge < -0.3 is 15.2 Å². The standard InChI is InChI=1S/C14H23NO2/c1-10(2)15-9-14(4,16)12-6-7-13(17-5)11(3)8-12/h6-8,10,15-16H,9H2,1-5H3. The third-order valence-electron chi connectivity index (χ3n) is 2.87. The number of nitrogens with one attached hydrogen (secondary N) is 1. The van der Waals surface area contributed by atoms with Crippen molar-refractivity contribution in [2.24, 2.45) is 0 Å². The van der Waals surface area contributed by atoms with Crippen molar-refractivity contribution >= 4 is 0 Å². The molecule has 0 aliphatic rings. The van der Waals surface area contributed by atoms with Crippen molar-refractivity contribution in [1.29, 1.82) is 0 Å². The van der Waals surface area contributed by atoms with Crippen LogP contribution in [-0.2, 0) is 5.60 Å². The van der Waals surface area contributed by atoms with Gasteiger partial charge in [0.25, 0.3) is 0 Å². The summed E-state index contributed by atoms with van der Waals surface area (Å²) in [4.78, 5) is 0. The second-order valence-electron chi connectivity index (χ2n) is 4.99. The molecule has 0 amide bonds. The minimum absolute atomic E-state index is 0.362. The third kappa shape index (κ3) is 3.72. The van der Waals surface area contributed by atoms with E-state index in [0.29, 0.717) is 12.6 Å². The van der Waals surface area contributed by atoms with Gasteiger partial charge >= 0.3 is 0 Å². The zero-order valence-corrected chi connectivity index (χ0v) is 11.4. The van der Waals surface area contributed by atoms with E-state index >= 15 is 0 Å². The molecule has 0 fully saturated rings. The minimum atomic E-state index is -0.860. The van der Waals surface area contributed by atoms with Crippen LogP contribution in [0.15, 0.2) is 18.2 Å². The summed E-state index contributed by atoms with van der Waals surface area (Å²) in [6, 6.07) is 6.14. The fraction of sp³-hybridized carbons (Fsp3) is 0.571. The number of ether oxygens (including phenoxy) is 1. The molecule has 1 rings (SSSR count). The smallest absolute Gasteiger partial charge is 0.121 e. The molecule has 0 saturated carbocycles. The van der Waals surface area contributed by atoms with E-state index in [-0.39, 0.29) is 0 Å². The number of rotatable bonds is 5. The Morgan fingerprint density at radius 1 is 1.41 bits per heavy atom. The second kappa shape index (κ2) is 5.52.